The van der Waals surface area contributed by atoms with E-state index in [4.69, 9.17) is 16.7 Å². The number of allylic oxidation sites excluding steroid dienone is 2. The quantitative estimate of drug-likeness (QED) is 0.140. The summed E-state index contributed by atoms with van der Waals surface area (Å²) >= 11 is 7.80. The molecule has 3 aromatic carbocycles. The number of amides is 4. The fraction of sp³-hybridized carbons (Fsp3) is 0.268. The number of aryl methyl sites for hydroxylation is 2. The first-order valence-electron chi connectivity index (χ1n) is 17.7. The molecule has 0 unspecified atom stereocenters. The maximum atomic E-state index is 15.2. The molecule has 2 aliphatic carbocycles. The number of carboxylic acid groups (broad SMARTS) is 1. The minimum Gasteiger partial charge on any atom is -0.505 e. The van der Waals surface area contributed by atoms with Gasteiger partial charge in [-0.1, -0.05) is 35.4 Å². The first-order valence-corrected chi connectivity index (χ1v) is 18.9. The highest BCUT2D eigenvalue weighted by Crippen LogP contribution is 2.64. The van der Waals surface area contributed by atoms with E-state index in [1.165, 1.54) is 52.4 Å². The molecule has 2 N–H and O–H groups in total. The number of nitrogens with zero attached hydrogens (tertiary/aromatic N) is 4. The number of carboxylic acids is 1. The van der Waals surface area contributed by atoms with Gasteiger partial charge >= 0.3 is 5.97 Å². The normalized spacial score (nSPS) is 26.1. The minimum absolute atomic E-state index is 0.0601. The molecule has 11 nitrogen and oxygen atoms in total. The third-order valence-electron chi connectivity index (χ3n) is 12.1. The number of aromatic hydroxyl groups is 1. The number of halogens is 2. The zero-order chi connectivity index (χ0) is 38.8. The zero-order valence-electron chi connectivity index (χ0n) is 29.6. The van der Waals surface area contributed by atoms with Gasteiger partial charge in [-0.3, -0.25) is 28.8 Å². The Morgan fingerprint density at radius 3 is 2.51 bits per heavy atom. The molecule has 4 aliphatic rings. The van der Waals surface area contributed by atoms with Crippen LogP contribution in [-0.2, 0) is 26.2 Å². The molecule has 0 radical (unpaired) electrons. The van der Waals surface area contributed by atoms with Gasteiger partial charge in [0, 0.05) is 28.8 Å². The van der Waals surface area contributed by atoms with Crippen LogP contribution in [0, 0.1) is 41.8 Å². The Labute approximate surface area is 322 Å². The lowest BCUT2D eigenvalue weighted by atomic mass is 9.51. The van der Waals surface area contributed by atoms with Gasteiger partial charge in [0.25, 0.3) is 0 Å². The fourth-order valence-electron chi connectivity index (χ4n) is 9.56. The standard InChI is InChI=1S/C41H32ClFN4O7S/c1-18-25-15-21(42)8-12-31(25)55-35(18)29-17-32(45(3)44-29)47-37(50)27-16-26-23(34(41(27,2)40(47)54)19-7-11-30(48)28(43)14-19)9-10-24-33(26)38(51)46(36(24)49)22-6-4-5-20(13-22)39(52)53/h4-9,11-15,17,24,26-27,33-34,48H,10,16H2,1-3H3,(H,52,53)/t24-,26+,27-,33-,34-,41+/m0/s1. The highest BCUT2D eigenvalue weighted by Gasteiger charge is 2.68. The van der Waals surface area contributed by atoms with Gasteiger partial charge in [-0.15, -0.1) is 11.3 Å². The summed E-state index contributed by atoms with van der Waals surface area (Å²) in [4.78, 5) is 72.9. The van der Waals surface area contributed by atoms with Crippen molar-refractivity contribution in [2.75, 3.05) is 9.80 Å². The van der Waals surface area contributed by atoms with Crippen molar-refractivity contribution in [3.05, 3.63) is 106 Å². The molecule has 4 amide bonds. The molecule has 2 saturated heterocycles. The van der Waals surface area contributed by atoms with Crippen LogP contribution in [0.15, 0.2) is 78.4 Å². The monoisotopic (exact) mass is 778 g/mol. The van der Waals surface area contributed by atoms with E-state index in [1.54, 1.807) is 20.0 Å². The highest BCUT2D eigenvalue weighted by molar-refractivity contribution is 7.22. The lowest BCUT2D eigenvalue weighted by molar-refractivity contribution is -0.131. The molecule has 6 atom stereocenters. The molecular formula is C41H32ClFN4O7S. The lowest BCUT2D eigenvalue weighted by Gasteiger charge is -2.49. The van der Waals surface area contributed by atoms with E-state index in [0.29, 0.717) is 21.9 Å². The maximum Gasteiger partial charge on any atom is 0.335 e. The van der Waals surface area contributed by atoms with Crippen LogP contribution in [0.1, 0.15) is 47.2 Å². The number of carbonyl (C=O) groups excluding carboxylic acids is 4. The van der Waals surface area contributed by atoms with Gasteiger partial charge in [0.1, 0.15) is 11.5 Å². The number of rotatable bonds is 5. The number of phenols is 1. The van der Waals surface area contributed by atoms with Gasteiger partial charge in [0.15, 0.2) is 11.6 Å². The molecular weight excluding hydrogens is 747 g/mol. The number of phenolic OH excluding ortho intramolecular Hbond substituents is 1. The van der Waals surface area contributed by atoms with Crippen molar-refractivity contribution in [3.8, 4) is 16.3 Å². The third kappa shape index (κ3) is 4.91. The number of benzene rings is 3. The molecule has 278 valence electrons. The summed E-state index contributed by atoms with van der Waals surface area (Å²) in [5.41, 5.74) is 1.08. The lowest BCUT2D eigenvalue weighted by Crippen LogP contribution is -2.49. The molecule has 3 fully saturated rings. The van der Waals surface area contributed by atoms with Crippen molar-refractivity contribution in [1.82, 2.24) is 9.78 Å². The van der Waals surface area contributed by atoms with Gasteiger partial charge in [-0.25, -0.2) is 14.1 Å². The SMILES string of the molecule is Cc1c(-c2cc(N3C(=O)[C@@H]4C[C@@H]5C(=CC[C@@H]6C(=O)N(c7cccc(C(=O)O)c7)C(=O)[C@@H]65)[C@H](c5ccc(O)c(F)c5)[C@]4(C)C3=O)n(C)n2)sc2ccc(Cl)cc12. The van der Waals surface area contributed by atoms with Crippen molar-refractivity contribution < 1.29 is 38.6 Å². The molecule has 9 rings (SSSR count). The van der Waals surface area contributed by atoms with Crippen LogP contribution in [0.25, 0.3) is 20.7 Å². The minimum atomic E-state index is -1.45. The number of anilines is 2. The number of hydrogen-bond donors (Lipinski definition) is 2. The average molecular weight is 779 g/mol. The van der Waals surface area contributed by atoms with Crippen molar-refractivity contribution in [2.24, 2.45) is 36.1 Å². The molecule has 55 heavy (non-hydrogen) atoms. The van der Waals surface area contributed by atoms with Crippen LogP contribution in [-0.4, -0.2) is 49.6 Å². The highest BCUT2D eigenvalue weighted by atomic mass is 35.5. The van der Waals surface area contributed by atoms with Gasteiger partial charge in [0.05, 0.1) is 39.3 Å². The Bertz CT molecular complexity index is 2620. The Balaban J connectivity index is 1.15. The van der Waals surface area contributed by atoms with E-state index in [1.807, 2.05) is 31.2 Å². The second-order valence-electron chi connectivity index (χ2n) is 14.9. The summed E-state index contributed by atoms with van der Waals surface area (Å²) in [6.07, 6.45) is 2.04. The van der Waals surface area contributed by atoms with Gasteiger partial charge in [-0.05, 0) is 97.7 Å². The van der Waals surface area contributed by atoms with E-state index in [-0.39, 0.29) is 29.9 Å². The molecule has 1 saturated carbocycles. The smallest absolute Gasteiger partial charge is 0.335 e. The summed E-state index contributed by atoms with van der Waals surface area (Å²) in [6, 6.07) is 16.8. The zero-order valence-corrected chi connectivity index (χ0v) is 31.2. The summed E-state index contributed by atoms with van der Waals surface area (Å²) in [6.45, 7) is 3.66. The average Bonchev–Trinajstić information content (AvgIpc) is 3.83. The molecule has 14 heteroatoms. The van der Waals surface area contributed by atoms with E-state index < -0.39 is 76.2 Å². The van der Waals surface area contributed by atoms with Gasteiger partial charge < -0.3 is 10.2 Å². The number of imide groups is 2. The molecule has 4 heterocycles. The Morgan fingerprint density at radius 2 is 1.76 bits per heavy atom. The third-order valence-corrected chi connectivity index (χ3v) is 13.7. The van der Waals surface area contributed by atoms with Gasteiger partial charge in [-0.2, -0.15) is 5.10 Å². The van der Waals surface area contributed by atoms with Crippen LogP contribution in [0.5, 0.6) is 5.75 Å². The largest absolute Gasteiger partial charge is 0.505 e. The fourth-order valence-corrected chi connectivity index (χ4v) is 10.9. The first kappa shape index (κ1) is 35.1. The molecule has 5 aromatic rings. The van der Waals surface area contributed by atoms with Crippen LogP contribution in [0.3, 0.4) is 0 Å². The van der Waals surface area contributed by atoms with Crippen molar-refractivity contribution in [1.29, 1.82) is 0 Å². The predicted octanol–water partition coefficient (Wildman–Crippen LogP) is 7.24. The van der Waals surface area contributed by atoms with E-state index in [2.05, 4.69) is 0 Å². The molecule has 0 spiro atoms. The number of carbonyl (C=O) groups is 5. The molecule has 2 aliphatic heterocycles. The van der Waals surface area contributed by atoms with E-state index in [0.717, 1.165) is 36.4 Å². The van der Waals surface area contributed by atoms with Crippen LogP contribution < -0.4 is 9.80 Å². The second-order valence-corrected chi connectivity index (χ2v) is 16.4. The number of aromatic nitrogens is 2. The van der Waals surface area contributed by atoms with E-state index >= 15 is 4.39 Å². The van der Waals surface area contributed by atoms with Crippen LogP contribution in [0.2, 0.25) is 5.02 Å². The van der Waals surface area contributed by atoms with E-state index in [9.17, 15) is 34.2 Å². The topological polar surface area (TPSA) is 150 Å². The predicted molar refractivity (Wildman–Crippen MR) is 202 cm³/mol. The van der Waals surface area contributed by atoms with Crippen LogP contribution >= 0.6 is 22.9 Å². The maximum absolute atomic E-state index is 15.2. The number of hydrogen-bond acceptors (Lipinski definition) is 8. The summed E-state index contributed by atoms with van der Waals surface area (Å²) in [7, 11) is 1.65. The second kappa shape index (κ2) is 12.2. The van der Waals surface area contributed by atoms with Crippen LogP contribution in [0.4, 0.5) is 15.9 Å². The molecule has 0 bridgehead atoms. The Morgan fingerprint density at radius 1 is 0.982 bits per heavy atom. The Hall–Kier alpha value is -5.66. The first-order chi connectivity index (χ1) is 26.2. The van der Waals surface area contributed by atoms with Crippen molar-refractivity contribution in [3.63, 3.8) is 0 Å². The Kier molecular flexibility index (Phi) is 7.76. The molecule has 2 aromatic heterocycles. The summed E-state index contributed by atoms with van der Waals surface area (Å²) in [5, 5.41) is 26.0. The van der Waals surface area contributed by atoms with Crippen molar-refractivity contribution in [2.45, 2.75) is 32.6 Å². The number of aromatic carboxylic acids is 1. The summed E-state index contributed by atoms with van der Waals surface area (Å²) < 4.78 is 17.6. The number of fused-ring (bicyclic) bond motifs is 5. The summed E-state index contributed by atoms with van der Waals surface area (Å²) in [5.74, 6) is -8.76. The van der Waals surface area contributed by atoms with Gasteiger partial charge in [0.2, 0.25) is 23.6 Å². The van der Waals surface area contributed by atoms with Crippen molar-refractivity contribution >= 4 is 74.1 Å². The number of thiophene rings is 1.